The average molecular weight is 496 g/mol. The molecule has 7 heteroatoms. The third-order valence-electron chi connectivity index (χ3n) is 5.45. The number of nitrogens with zero attached hydrogens (tertiary/aromatic N) is 1. The van der Waals surface area contributed by atoms with E-state index in [1.807, 2.05) is 36.4 Å². The monoisotopic (exact) mass is 494 g/mol. The predicted molar refractivity (Wildman–Crippen MR) is 137 cm³/mol. The minimum absolute atomic E-state index is 0.163. The Bertz CT molecular complexity index is 1050. The largest absolute Gasteiger partial charge is 0.410 e. The van der Waals surface area contributed by atoms with Crippen molar-refractivity contribution in [2.45, 2.75) is 38.9 Å². The zero-order valence-electron chi connectivity index (χ0n) is 17.7. The molecule has 30 heavy (non-hydrogen) atoms. The Balaban J connectivity index is 2.03. The molecular weight excluding hydrogens is 471 g/mol. The molecule has 0 fully saturated rings. The summed E-state index contributed by atoms with van der Waals surface area (Å²) in [6, 6.07) is 15.5. The molecule has 0 spiro atoms. The number of hydrogen-bond donors (Lipinski definition) is 1. The predicted octanol–water partition coefficient (Wildman–Crippen LogP) is 8.86. The van der Waals surface area contributed by atoms with Gasteiger partial charge in [0.05, 0.1) is 10.6 Å². The molecule has 1 heterocycles. The molecular formula is C23H25Cl3N2SSi. The van der Waals surface area contributed by atoms with Gasteiger partial charge < -0.3 is 4.98 Å². The van der Waals surface area contributed by atoms with Crippen molar-refractivity contribution in [3.8, 4) is 11.3 Å². The normalized spacial score (nSPS) is 12.9. The van der Waals surface area contributed by atoms with Crippen LogP contribution in [-0.2, 0) is 0 Å². The molecule has 0 radical (unpaired) electrons. The Labute approximate surface area is 199 Å². The van der Waals surface area contributed by atoms with Crippen LogP contribution in [-0.4, -0.2) is 12.6 Å². The number of hydrogen-bond acceptors (Lipinski definition) is 3. The maximum Gasteiger partial charge on any atom is 0.152 e. The second-order valence-corrected chi connectivity index (χ2v) is 16.0. The van der Waals surface area contributed by atoms with Crippen LogP contribution in [0.1, 0.15) is 31.2 Å². The van der Waals surface area contributed by atoms with Crippen LogP contribution in [0.15, 0.2) is 48.5 Å². The lowest BCUT2D eigenvalue weighted by Gasteiger charge is -2.39. The Morgan fingerprint density at radius 2 is 1.53 bits per heavy atom. The van der Waals surface area contributed by atoms with Crippen molar-refractivity contribution in [1.82, 2.24) is 9.36 Å². The number of benzene rings is 2. The van der Waals surface area contributed by atoms with Crippen molar-refractivity contribution in [2.75, 3.05) is 0 Å². The van der Waals surface area contributed by atoms with E-state index in [1.165, 1.54) is 11.5 Å². The molecule has 2 nitrogen and oxygen atoms in total. The van der Waals surface area contributed by atoms with E-state index in [0.717, 1.165) is 27.4 Å². The molecule has 0 amide bonds. The van der Waals surface area contributed by atoms with E-state index in [0.29, 0.717) is 15.1 Å². The van der Waals surface area contributed by atoms with Crippen LogP contribution in [0, 0.1) is 0 Å². The first-order valence-corrected chi connectivity index (χ1v) is 14.5. The summed E-state index contributed by atoms with van der Waals surface area (Å²) in [5.41, 5.74) is 3.95. The van der Waals surface area contributed by atoms with Gasteiger partial charge in [0.25, 0.3) is 0 Å². The minimum Gasteiger partial charge on any atom is -0.410 e. The summed E-state index contributed by atoms with van der Waals surface area (Å²) in [6.07, 6.45) is 2.14. The lowest BCUT2D eigenvalue weighted by atomic mass is 10.1. The minimum atomic E-state index is -1.84. The molecule has 0 aliphatic rings. The van der Waals surface area contributed by atoms with Gasteiger partial charge in [-0.2, -0.15) is 4.37 Å². The molecule has 158 valence electrons. The summed E-state index contributed by atoms with van der Waals surface area (Å²) in [5, 5.41) is 2.11. The molecule has 3 rings (SSSR count). The van der Waals surface area contributed by atoms with Gasteiger partial charge in [0.15, 0.2) is 8.24 Å². The van der Waals surface area contributed by atoms with E-state index in [2.05, 4.69) is 55.4 Å². The first-order chi connectivity index (χ1) is 13.9. The summed E-state index contributed by atoms with van der Waals surface area (Å²) in [6.45, 7) is 11.5. The van der Waals surface area contributed by atoms with Gasteiger partial charge in [-0.15, -0.1) is 0 Å². The molecule has 3 aromatic rings. The molecule has 1 N–H and O–H groups in total. The van der Waals surface area contributed by atoms with Crippen molar-refractivity contribution in [1.29, 1.82) is 0 Å². The summed E-state index contributed by atoms with van der Waals surface area (Å²) in [7, 11) is -1.84. The lowest BCUT2D eigenvalue weighted by Crippen LogP contribution is -2.51. The van der Waals surface area contributed by atoms with E-state index in [1.54, 1.807) is 6.07 Å². The Kier molecular flexibility index (Phi) is 7.05. The van der Waals surface area contributed by atoms with Gasteiger partial charge in [0.1, 0.15) is 0 Å². The molecule has 1 aromatic heterocycles. The Morgan fingerprint density at radius 1 is 0.933 bits per heavy atom. The third-order valence-corrected chi connectivity index (χ3v) is 11.5. The van der Waals surface area contributed by atoms with Crippen LogP contribution in [0.5, 0.6) is 0 Å². The molecule has 0 aliphatic carbocycles. The van der Waals surface area contributed by atoms with Crippen LogP contribution in [0.3, 0.4) is 0 Å². The number of nitrogens with one attached hydrogen (secondary N) is 1. The highest BCUT2D eigenvalue weighted by Crippen LogP contribution is 2.37. The maximum absolute atomic E-state index is 6.31. The van der Waals surface area contributed by atoms with Crippen molar-refractivity contribution >= 4 is 66.3 Å². The smallest absolute Gasteiger partial charge is 0.152 e. The van der Waals surface area contributed by atoms with Crippen LogP contribution >= 0.6 is 46.3 Å². The molecule has 0 atom stereocenters. The first-order valence-electron chi connectivity index (χ1n) is 9.64. The van der Waals surface area contributed by atoms with Gasteiger partial charge >= 0.3 is 0 Å². The maximum atomic E-state index is 6.31. The average Bonchev–Trinajstić information content (AvgIpc) is 3.08. The Morgan fingerprint density at radius 3 is 2.10 bits per heavy atom. The SMILES string of the molecule is CC(C)(C)[Si](C)(C)N/C(=C\c1cc(-c2ccc(Cl)cc2)ns1)c1cc(Cl)cc(Cl)c1. The molecule has 0 unspecified atom stereocenters. The molecule has 0 bridgehead atoms. The highest BCUT2D eigenvalue weighted by molar-refractivity contribution is 7.07. The summed E-state index contributed by atoms with van der Waals surface area (Å²) < 4.78 is 4.63. The second kappa shape index (κ2) is 9.05. The molecule has 0 saturated carbocycles. The molecule has 0 saturated heterocycles. The molecule has 2 aromatic carbocycles. The second-order valence-electron chi connectivity index (χ2n) is 8.84. The van der Waals surface area contributed by atoms with Crippen LogP contribution in [0.2, 0.25) is 33.2 Å². The van der Waals surface area contributed by atoms with Crippen molar-refractivity contribution in [3.05, 3.63) is 74.0 Å². The van der Waals surface area contributed by atoms with Crippen LogP contribution in [0.4, 0.5) is 0 Å². The zero-order chi connectivity index (χ0) is 22.1. The van der Waals surface area contributed by atoms with Gasteiger partial charge in [0.2, 0.25) is 0 Å². The fourth-order valence-electron chi connectivity index (χ4n) is 2.68. The van der Waals surface area contributed by atoms with E-state index in [9.17, 15) is 0 Å². The quantitative estimate of drug-likeness (QED) is 0.357. The van der Waals surface area contributed by atoms with Gasteiger partial charge in [-0.1, -0.05) is 80.8 Å². The fraction of sp³-hybridized carbons (Fsp3) is 0.261. The van der Waals surface area contributed by atoms with Crippen molar-refractivity contribution < 1.29 is 0 Å². The van der Waals surface area contributed by atoms with E-state index < -0.39 is 8.24 Å². The van der Waals surface area contributed by atoms with Crippen LogP contribution in [0.25, 0.3) is 23.0 Å². The van der Waals surface area contributed by atoms with Gasteiger partial charge in [-0.25, -0.2) is 0 Å². The van der Waals surface area contributed by atoms with E-state index in [4.69, 9.17) is 34.8 Å². The third kappa shape index (κ3) is 5.68. The fourth-order valence-corrected chi connectivity index (χ4v) is 5.30. The Hall–Kier alpha value is -1.30. The lowest BCUT2D eigenvalue weighted by molar-refractivity contribution is 0.708. The highest BCUT2D eigenvalue weighted by Gasteiger charge is 2.36. The van der Waals surface area contributed by atoms with E-state index in [-0.39, 0.29) is 5.04 Å². The summed E-state index contributed by atoms with van der Waals surface area (Å²) >= 11 is 20.1. The van der Waals surface area contributed by atoms with E-state index >= 15 is 0 Å². The molecule has 0 aliphatic heterocycles. The topological polar surface area (TPSA) is 24.9 Å². The number of aromatic nitrogens is 1. The van der Waals surface area contributed by atoms with Gasteiger partial charge in [-0.05, 0) is 64.6 Å². The first kappa shape index (κ1) is 23.4. The van der Waals surface area contributed by atoms with Crippen molar-refractivity contribution in [2.24, 2.45) is 0 Å². The zero-order valence-corrected chi connectivity index (χ0v) is 21.8. The highest BCUT2D eigenvalue weighted by atomic mass is 35.5. The summed E-state index contributed by atoms with van der Waals surface area (Å²) in [4.78, 5) is 4.91. The summed E-state index contributed by atoms with van der Waals surface area (Å²) in [5.74, 6) is 0. The van der Waals surface area contributed by atoms with Crippen molar-refractivity contribution in [3.63, 3.8) is 0 Å². The van der Waals surface area contributed by atoms with Crippen LogP contribution < -0.4 is 4.98 Å². The van der Waals surface area contributed by atoms with Gasteiger partial charge in [0, 0.05) is 26.3 Å². The number of halogens is 3. The number of rotatable bonds is 5. The standard InChI is InChI=1S/C23H25Cl3N2SSi/c1-23(2,3)30(4,5)28-22(16-10-18(25)12-19(26)11-16)14-20-13-21(27-29-20)15-6-8-17(24)9-7-15/h6-14,28H,1-5H3/b22-14-. The van der Waals surface area contributed by atoms with Gasteiger partial charge in [-0.3, -0.25) is 0 Å².